The van der Waals surface area contributed by atoms with Gasteiger partial charge in [-0.25, -0.2) is 0 Å². The third-order valence-electron chi connectivity index (χ3n) is 4.41. The lowest BCUT2D eigenvalue weighted by Crippen LogP contribution is -2.47. The predicted molar refractivity (Wildman–Crippen MR) is 94.0 cm³/mol. The van der Waals surface area contributed by atoms with Crippen molar-refractivity contribution < 1.29 is 14.2 Å². The summed E-state index contributed by atoms with van der Waals surface area (Å²) in [5.41, 5.74) is -0.126. The normalized spacial score (nSPS) is 20.2. The van der Waals surface area contributed by atoms with E-state index in [0.717, 1.165) is 45.1 Å². The average Bonchev–Trinajstić information content (AvgIpc) is 2.52. The topological polar surface area (TPSA) is 64.1 Å². The molecular formula is C17H35N3O3. The summed E-state index contributed by atoms with van der Waals surface area (Å²) in [6, 6.07) is 0. The van der Waals surface area contributed by atoms with Crippen molar-refractivity contribution in [2.24, 2.45) is 10.4 Å². The molecule has 1 saturated heterocycles. The van der Waals surface area contributed by atoms with E-state index in [0.29, 0.717) is 6.54 Å². The maximum atomic E-state index is 5.74. The molecule has 136 valence electrons. The quantitative estimate of drug-likeness (QED) is 0.551. The van der Waals surface area contributed by atoms with Gasteiger partial charge in [-0.05, 0) is 12.3 Å². The lowest BCUT2D eigenvalue weighted by atomic mass is 9.89. The van der Waals surface area contributed by atoms with Crippen LogP contribution in [-0.2, 0) is 14.2 Å². The van der Waals surface area contributed by atoms with E-state index in [4.69, 9.17) is 19.2 Å². The van der Waals surface area contributed by atoms with Crippen LogP contribution in [0.5, 0.6) is 0 Å². The maximum absolute atomic E-state index is 5.74. The molecule has 0 bridgehead atoms. The second kappa shape index (κ2) is 9.45. The standard InChI is InChI=1S/C17H35N3O3/c1-7-18-15(19-12-14(21-5)16(2,3)4)20-13-17(22-6)8-10-23-11-9-17/h14H,7-13H2,1-6H3,(H2,18,19,20). The molecule has 0 aromatic rings. The summed E-state index contributed by atoms with van der Waals surface area (Å²) in [5.74, 6) is 0.807. The highest BCUT2D eigenvalue weighted by Crippen LogP contribution is 2.25. The number of ether oxygens (including phenoxy) is 3. The highest BCUT2D eigenvalue weighted by Gasteiger charge is 2.32. The fourth-order valence-electron chi connectivity index (χ4n) is 2.67. The molecule has 6 heteroatoms. The molecule has 23 heavy (non-hydrogen) atoms. The zero-order chi connectivity index (χ0) is 17.3. The van der Waals surface area contributed by atoms with Crippen molar-refractivity contribution in [1.82, 2.24) is 10.6 Å². The van der Waals surface area contributed by atoms with Crippen LogP contribution in [-0.4, -0.2) is 64.7 Å². The van der Waals surface area contributed by atoms with Gasteiger partial charge in [-0.2, -0.15) is 0 Å². The first-order valence-corrected chi connectivity index (χ1v) is 8.55. The van der Waals surface area contributed by atoms with Gasteiger partial charge >= 0.3 is 0 Å². The maximum Gasteiger partial charge on any atom is 0.191 e. The van der Waals surface area contributed by atoms with Crippen LogP contribution in [0.3, 0.4) is 0 Å². The van der Waals surface area contributed by atoms with Gasteiger partial charge in [-0.3, -0.25) is 4.99 Å². The zero-order valence-electron chi connectivity index (χ0n) is 15.7. The van der Waals surface area contributed by atoms with Gasteiger partial charge in [-0.1, -0.05) is 20.8 Å². The minimum absolute atomic E-state index is 0.0769. The Kier molecular flexibility index (Phi) is 8.29. The van der Waals surface area contributed by atoms with Gasteiger partial charge in [0.1, 0.15) is 0 Å². The zero-order valence-corrected chi connectivity index (χ0v) is 15.7. The molecular weight excluding hydrogens is 294 g/mol. The van der Waals surface area contributed by atoms with E-state index in [9.17, 15) is 0 Å². The Balaban J connectivity index is 2.65. The Morgan fingerprint density at radius 1 is 1.22 bits per heavy atom. The number of guanidine groups is 1. The van der Waals surface area contributed by atoms with Gasteiger partial charge in [0.05, 0.1) is 18.2 Å². The van der Waals surface area contributed by atoms with Crippen molar-refractivity contribution in [3.63, 3.8) is 0 Å². The van der Waals surface area contributed by atoms with Gasteiger partial charge in [0.2, 0.25) is 0 Å². The van der Waals surface area contributed by atoms with E-state index < -0.39 is 0 Å². The van der Waals surface area contributed by atoms with Crippen LogP contribution in [0.2, 0.25) is 0 Å². The SMILES string of the molecule is CCNC(=NCC1(OC)CCOCC1)NCC(OC)C(C)(C)C. The largest absolute Gasteiger partial charge is 0.381 e. The Morgan fingerprint density at radius 3 is 2.35 bits per heavy atom. The minimum Gasteiger partial charge on any atom is -0.381 e. The Bertz CT molecular complexity index is 361. The molecule has 1 heterocycles. The molecule has 1 atom stereocenters. The average molecular weight is 329 g/mol. The van der Waals surface area contributed by atoms with Crippen LogP contribution in [0, 0.1) is 5.41 Å². The van der Waals surface area contributed by atoms with Crippen LogP contribution < -0.4 is 10.6 Å². The molecule has 0 amide bonds. The summed E-state index contributed by atoms with van der Waals surface area (Å²) >= 11 is 0. The summed E-state index contributed by atoms with van der Waals surface area (Å²) in [5, 5.41) is 6.68. The molecule has 1 rings (SSSR count). The van der Waals surface area contributed by atoms with E-state index in [1.165, 1.54) is 0 Å². The van der Waals surface area contributed by atoms with Crippen LogP contribution in [0.15, 0.2) is 4.99 Å². The molecule has 0 saturated carbocycles. The molecule has 6 nitrogen and oxygen atoms in total. The number of nitrogens with one attached hydrogen (secondary N) is 2. The molecule has 0 aliphatic carbocycles. The first kappa shape index (κ1) is 20.2. The summed E-state index contributed by atoms with van der Waals surface area (Å²) < 4.78 is 16.8. The second-order valence-corrected chi connectivity index (χ2v) is 7.17. The molecule has 0 spiro atoms. The van der Waals surface area contributed by atoms with E-state index in [2.05, 4.69) is 38.3 Å². The number of hydrogen-bond acceptors (Lipinski definition) is 4. The molecule has 1 aliphatic heterocycles. The third kappa shape index (κ3) is 6.65. The van der Waals surface area contributed by atoms with Crippen molar-refractivity contribution in [2.45, 2.75) is 52.2 Å². The number of rotatable bonds is 7. The Hall–Kier alpha value is -0.850. The van der Waals surface area contributed by atoms with Crippen molar-refractivity contribution in [2.75, 3.05) is 47.1 Å². The lowest BCUT2D eigenvalue weighted by Gasteiger charge is -2.35. The highest BCUT2D eigenvalue weighted by molar-refractivity contribution is 5.79. The molecule has 0 aromatic heterocycles. The smallest absolute Gasteiger partial charge is 0.191 e. The second-order valence-electron chi connectivity index (χ2n) is 7.17. The fraction of sp³-hybridized carbons (Fsp3) is 0.941. The van der Waals surface area contributed by atoms with E-state index >= 15 is 0 Å². The molecule has 1 fully saturated rings. The van der Waals surface area contributed by atoms with Crippen LogP contribution in [0.1, 0.15) is 40.5 Å². The van der Waals surface area contributed by atoms with Crippen LogP contribution in [0.25, 0.3) is 0 Å². The molecule has 1 unspecified atom stereocenters. The van der Waals surface area contributed by atoms with Gasteiger partial charge < -0.3 is 24.8 Å². The summed E-state index contributed by atoms with van der Waals surface area (Å²) in [6.07, 6.45) is 1.88. The number of hydrogen-bond donors (Lipinski definition) is 2. The Labute approximate surface area is 141 Å². The lowest BCUT2D eigenvalue weighted by molar-refractivity contribution is -0.0828. The van der Waals surface area contributed by atoms with E-state index in [1.807, 2.05) is 0 Å². The third-order valence-corrected chi connectivity index (χ3v) is 4.41. The van der Waals surface area contributed by atoms with E-state index in [-0.39, 0.29) is 17.1 Å². The van der Waals surface area contributed by atoms with Gasteiger partial charge in [-0.15, -0.1) is 0 Å². The van der Waals surface area contributed by atoms with Crippen molar-refractivity contribution >= 4 is 5.96 Å². The molecule has 2 N–H and O–H groups in total. The predicted octanol–water partition coefficient (Wildman–Crippen LogP) is 1.80. The van der Waals surface area contributed by atoms with Gasteiger partial charge in [0.25, 0.3) is 0 Å². The summed E-state index contributed by atoms with van der Waals surface area (Å²) in [7, 11) is 3.52. The number of nitrogens with zero attached hydrogens (tertiary/aromatic N) is 1. The van der Waals surface area contributed by atoms with Crippen LogP contribution >= 0.6 is 0 Å². The van der Waals surface area contributed by atoms with Crippen molar-refractivity contribution in [1.29, 1.82) is 0 Å². The first-order chi connectivity index (χ1) is 10.9. The molecule has 0 aromatic carbocycles. The van der Waals surface area contributed by atoms with Crippen molar-refractivity contribution in [3.8, 4) is 0 Å². The molecule has 0 radical (unpaired) electrons. The van der Waals surface area contributed by atoms with Gasteiger partial charge in [0, 0.05) is 53.4 Å². The first-order valence-electron chi connectivity index (χ1n) is 8.55. The van der Waals surface area contributed by atoms with Gasteiger partial charge in [0.15, 0.2) is 5.96 Å². The Morgan fingerprint density at radius 2 is 1.87 bits per heavy atom. The highest BCUT2D eigenvalue weighted by atomic mass is 16.5. The fourth-order valence-corrected chi connectivity index (χ4v) is 2.67. The molecule has 1 aliphatic rings. The van der Waals surface area contributed by atoms with E-state index in [1.54, 1.807) is 14.2 Å². The number of aliphatic imine (C=N–C) groups is 1. The van der Waals surface area contributed by atoms with Crippen molar-refractivity contribution in [3.05, 3.63) is 0 Å². The summed E-state index contributed by atoms with van der Waals surface area (Å²) in [4.78, 5) is 4.73. The summed E-state index contributed by atoms with van der Waals surface area (Å²) in [6.45, 7) is 12.2. The van der Waals surface area contributed by atoms with Crippen LogP contribution in [0.4, 0.5) is 0 Å². The monoisotopic (exact) mass is 329 g/mol. The minimum atomic E-state index is -0.203. The number of methoxy groups -OCH3 is 2.